The van der Waals surface area contributed by atoms with Crippen LogP contribution in [0, 0.1) is 3.57 Å². The molecular formula is C19H25Cl2INSiZr. The van der Waals surface area contributed by atoms with Gasteiger partial charge in [0.1, 0.15) is 0 Å². The van der Waals surface area contributed by atoms with E-state index in [1.807, 2.05) is 0 Å². The predicted octanol–water partition coefficient (Wildman–Crippen LogP) is 5.77. The topological polar surface area (TPSA) is 12.0 Å². The van der Waals surface area contributed by atoms with Crippen LogP contribution in [0.25, 0.3) is 11.1 Å². The third kappa shape index (κ3) is 3.61. The molecule has 0 aliphatic heterocycles. The zero-order chi connectivity index (χ0) is 18.6. The van der Waals surface area contributed by atoms with Crippen molar-refractivity contribution in [3.05, 3.63) is 51.1 Å². The summed E-state index contributed by atoms with van der Waals surface area (Å²) in [5.41, 5.74) is 5.29. The molecule has 0 heterocycles. The van der Waals surface area contributed by atoms with Crippen molar-refractivity contribution in [2.75, 3.05) is 0 Å². The number of hydrogen-bond donors (Lipinski definition) is 1. The van der Waals surface area contributed by atoms with Crippen LogP contribution in [0.2, 0.25) is 13.1 Å². The molecule has 25 heavy (non-hydrogen) atoms. The fourth-order valence-electron chi connectivity index (χ4n) is 3.86. The summed E-state index contributed by atoms with van der Waals surface area (Å²) in [6.07, 6.45) is 0.938. The van der Waals surface area contributed by atoms with Gasteiger partial charge in [-0.25, -0.2) is 0 Å². The average Bonchev–Trinajstić information content (AvgIpc) is 2.82. The zero-order valence-electron chi connectivity index (χ0n) is 15.4. The molecule has 0 spiro atoms. The Labute approximate surface area is 174 Å². The Hall–Kier alpha value is 0.810. The first-order valence-corrected chi connectivity index (χ1v) is 25.7. The second-order valence-electron chi connectivity index (χ2n) is 8.39. The number of fused-ring (bicyclic) bond motifs is 3. The summed E-state index contributed by atoms with van der Waals surface area (Å²) in [4.78, 5) is 0. The van der Waals surface area contributed by atoms with Crippen LogP contribution in [0.15, 0.2) is 36.4 Å². The van der Waals surface area contributed by atoms with Gasteiger partial charge in [-0.3, -0.25) is 0 Å². The summed E-state index contributed by atoms with van der Waals surface area (Å²) in [5.74, 6) is -1.38. The van der Waals surface area contributed by atoms with Crippen LogP contribution in [0.4, 0.5) is 0 Å². The fourth-order valence-corrected chi connectivity index (χ4v) is 35.9. The van der Waals surface area contributed by atoms with E-state index >= 15 is 0 Å². The van der Waals surface area contributed by atoms with Crippen molar-refractivity contribution in [3.8, 4) is 11.1 Å². The maximum absolute atomic E-state index is 7.59. The quantitative estimate of drug-likeness (QED) is 0.305. The number of hydrogen-bond acceptors (Lipinski definition) is 1. The Morgan fingerprint density at radius 1 is 1.04 bits per heavy atom. The number of rotatable bonds is 3. The summed E-state index contributed by atoms with van der Waals surface area (Å²) < 4.78 is 6.31. The summed E-state index contributed by atoms with van der Waals surface area (Å²) in [5, 5.41) is 0. The van der Waals surface area contributed by atoms with Crippen molar-refractivity contribution in [1.29, 1.82) is 0 Å². The fraction of sp³-hybridized carbons (Fsp3) is 0.368. The Morgan fingerprint density at radius 2 is 1.68 bits per heavy atom. The van der Waals surface area contributed by atoms with Gasteiger partial charge in [-0.1, -0.05) is 0 Å². The first kappa shape index (κ1) is 20.5. The van der Waals surface area contributed by atoms with E-state index in [0.29, 0.717) is 0 Å². The van der Waals surface area contributed by atoms with Gasteiger partial charge in [0, 0.05) is 0 Å². The van der Waals surface area contributed by atoms with Gasteiger partial charge in [0.05, 0.1) is 0 Å². The maximum atomic E-state index is 7.59. The molecule has 0 radical (unpaired) electrons. The van der Waals surface area contributed by atoms with Gasteiger partial charge in [0.25, 0.3) is 0 Å². The molecule has 0 unspecified atom stereocenters. The molecule has 0 saturated carbocycles. The molecule has 135 valence electrons. The minimum absolute atomic E-state index is 0.108. The Kier molecular flexibility index (Phi) is 5.51. The van der Waals surface area contributed by atoms with Gasteiger partial charge >= 0.3 is 176 Å². The normalized spacial score (nSPS) is 15.6. The number of nitrogens with one attached hydrogen (secondary N) is 1. The van der Waals surface area contributed by atoms with Crippen molar-refractivity contribution in [2.45, 2.75) is 45.8 Å². The number of halogens is 3. The minimum atomic E-state index is -4.35. The molecule has 0 aromatic heterocycles. The molecule has 1 N–H and O–H groups in total. The van der Waals surface area contributed by atoms with Crippen LogP contribution in [0.1, 0.15) is 31.9 Å². The van der Waals surface area contributed by atoms with E-state index in [1.165, 1.54) is 29.1 Å². The second-order valence-corrected chi connectivity index (χ2v) is 49.1. The standard InChI is InChI=1S/C13H8I.C4H10N.C2H7Si.2ClH.Zr/c14-11-5-6-13-10(8-11)7-9-3-1-2-4-12(9)13;1-4(2,3)5;1-3-2;;;/h1-6H,7H2;5H,1-3H3;3H,1-2H3;2*1H;/q;-1;;;;+3/p-2. The Bertz CT molecular complexity index is 846. The van der Waals surface area contributed by atoms with E-state index in [1.54, 1.807) is 0 Å². The third-order valence-electron chi connectivity index (χ3n) is 5.01. The van der Waals surface area contributed by atoms with Crippen LogP contribution in [-0.2, 0) is 22.3 Å². The van der Waals surface area contributed by atoms with E-state index in [4.69, 9.17) is 17.0 Å². The van der Waals surface area contributed by atoms with Crippen LogP contribution in [0.3, 0.4) is 0 Å². The zero-order valence-corrected chi connectivity index (χ0v) is 22.7. The van der Waals surface area contributed by atoms with E-state index in [9.17, 15) is 0 Å². The summed E-state index contributed by atoms with van der Waals surface area (Å²) in [6, 6.07) is 13.1. The van der Waals surface area contributed by atoms with Crippen molar-refractivity contribution < 1.29 is 15.8 Å². The molecule has 0 saturated heterocycles. The molecule has 0 fully saturated rings. The molecule has 0 atom stereocenters. The van der Waals surface area contributed by atoms with Gasteiger partial charge < -0.3 is 0 Å². The third-order valence-corrected chi connectivity index (χ3v) is 52.2. The van der Waals surface area contributed by atoms with Crippen molar-refractivity contribution in [1.82, 2.24) is 3.26 Å². The first-order chi connectivity index (χ1) is 11.4. The molecule has 0 bridgehead atoms. The predicted molar refractivity (Wildman–Crippen MR) is 121 cm³/mol. The van der Waals surface area contributed by atoms with Crippen LogP contribution in [0.5, 0.6) is 0 Å². The van der Waals surface area contributed by atoms with Crippen molar-refractivity contribution in [3.63, 3.8) is 0 Å². The summed E-state index contributed by atoms with van der Waals surface area (Å²) in [7, 11) is 15.2. The average molecular weight is 585 g/mol. The molecule has 1 nitrogen and oxygen atoms in total. The van der Waals surface area contributed by atoms with Gasteiger partial charge in [-0.15, -0.1) is 0 Å². The molecule has 1 aliphatic carbocycles. The van der Waals surface area contributed by atoms with E-state index in [2.05, 4.69) is 96.1 Å². The van der Waals surface area contributed by atoms with E-state index < -0.39 is 21.8 Å². The van der Waals surface area contributed by atoms with Gasteiger partial charge in [0.15, 0.2) is 0 Å². The molecule has 3 rings (SSSR count). The molecule has 2 aromatic carbocycles. The van der Waals surface area contributed by atoms with Crippen molar-refractivity contribution in [2.24, 2.45) is 0 Å². The molecule has 1 aliphatic rings. The van der Waals surface area contributed by atoms with Gasteiger partial charge in [0.2, 0.25) is 0 Å². The van der Waals surface area contributed by atoms with Gasteiger partial charge in [-0.05, 0) is 0 Å². The van der Waals surface area contributed by atoms with E-state index in [0.717, 1.165) is 6.42 Å². The SMILES string of the molecule is C[SiH](C)[Zr]([Cl])([Cl])([NH]C(C)(C)C)[c]1c(I)ccc2c1Cc1ccccc1-2. The first-order valence-electron chi connectivity index (χ1n) is 8.71. The molecular weight excluding hydrogens is 559 g/mol. The Balaban J connectivity index is 2.30. The van der Waals surface area contributed by atoms with Crippen LogP contribution < -0.4 is 6.53 Å². The summed E-state index contributed by atoms with van der Waals surface area (Å²) >= 11 is -1.91. The Morgan fingerprint density at radius 3 is 2.28 bits per heavy atom. The van der Waals surface area contributed by atoms with Gasteiger partial charge in [-0.2, -0.15) is 0 Å². The van der Waals surface area contributed by atoms with Crippen molar-refractivity contribution >= 4 is 48.8 Å². The monoisotopic (exact) mass is 582 g/mol. The van der Waals surface area contributed by atoms with E-state index in [-0.39, 0.29) is 5.54 Å². The van der Waals surface area contributed by atoms with Crippen LogP contribution in [-0.4, -0.2) is 11.5 Å². The summed E-state index contributed by atoms with van der Waals surface area (Å²) in [6.45, 7) is 11.1. The number of benzene rings is 2. The molecule has 6 heteroatoms. The molecule has 0 amide bonds. The van der Waals surface area contributed by atoms with Crippen LogP contribution >= 0.6 is 39.6 Å². The second kappa shape index (κ2) is 6.70. The molecule has 2 aromatic rings.